The van der Waals surface area contributed by atoms with Gasteiger partial charge in [-0.05, 0) is 61.5 Å². The van der Waals surface area contributed by atoms with Crippen LogP contribution in [0.2, 0.25) is 0 Å². The van der Waals surface area contributed by atoms with Gasteiger partial charge in [-0.25, -0.2) is 13.4 Å². The second-order valence-electron chi connectivity index (χ2n) is 6.24. The lowest BCUT2D eigenvalue weighted by molar-refractivity contribution is 0.340. The number of hydrogen-bond donors (Lipinski definition) is 2. The largest absolute Gasteiger partial charge is 0.507 e. The first-order valence-corrected chi connectivity index (χ1v) is 12.2. The first kappa shape index (κ1) is 20.5. The van der Waals surface area contributed by atoms with Gasteiger partial charge in [-0.1, -0.05) is 23.9 Å². The van der Waals surface area contributed by atoms with Gasteiger partial charge in [0.1, 0.15) is 11.5 Å². The fraction of sp³-hybridized carbons (Fsp3) is 0.0952. The highest BCUT2D eigenvalue weighted by molar-refractivity contribution is 8.01. The van der Waals surface area contributed by atoms with Crippen molar-refractivity contribution in [3.05, 3.63) is 66.7 Å². The van der Waals surface area contributed by atoms with Gasteiger partial charge in [0, 0.05) is 0 Å². The van der Waals surface area contributed by atoms with Crippen LogP contribution >= 0.6 is 23.1 Å². The highest BCUT2D eigenvalue weighted by Gasteiger charge is 2.16. The van der Waals surface area contributed by atoms with Crippen LogP contribution in [0.4, 0.5) is 5.69 Å². The van der Waals surface area contributed by atoms with Crippen molar-refractivity contribution >= 4 is 49.0 Å². The van der Waals surface area contributed by atoms with Crippen molar-refractivity contribution in [2.45, 2.75) is 21.1 Å². The van der Waals surface area contributed by atoms with E-state index in [1.165, 1.54) is 47.4 Å². The molecule has 9 heteroatoms. The highest BCUT2D eigenvalue weighted by Crippen LogP contribution is 2.39. The molecule has 0 radical (unpaired) electrons. The fourth-order valence-corrected chi connectivity index (χ4v) is 5.89. The molecule has 0 aliphatic rings. The second-order valence-corrected chi connectivity index (χ2v) is 10.2. The Hall–Kier alpha value is -2.75. The zero-order chi connectivity index (χ0) is 21.1. The number of hydrogen-bond acceptors (Lipinski definition) is 7. The first-order chi connectivity index (χ1) is 14.4. The Labute approximate surface area is 182 Å². The molecule has 0 aliphatic heterocycles. The molecule has 3 aromatic carbocycles. The molecule has 1 aromatic heterocycles. The number of nitrogens with zero attached hydrogens (tertiary/aromatic N) is 1. The normalized spacial score (nSPS) is 11.5. The van der Waals surface area contributed by atoms with Gasteiger partial charge >= 0.3 is 0 Å². The van der Waals surface area contributed by atoms with Crippen LogP contribution in [0.25, 0.3) is 10.2 Å². The predicted molar refractivity (Wildman–Crippen MR) is 120 cm³/mol. The Balaban J connectivity index is 1.56. The average molecular weight is 459 g/mol. The second kappa shape index (κ2) is 8.55. The number of ether oxygens (including phenoxy) is 1. The van der Waals surface area contributed by atoms with Gasteiger partial charge < -0.3 is 9.84 Å². The van der Waals surface area contributed by atoms with Gasteiger partial charge in [0.2, 0.25) is 0 Å². The molecule has 2 N–H and O–H groups in total. The molecule has 0 fully saturated rings. The minimum Gasteiger partial charge on any atom is -0.507 e. The Kier molecular flexibility index (Phi) is 5.85. The first-order valence-electron chi connectivity index (χ1n) is 9.07. The summed E-state index contributed by atoms with van der Waals surface area (Å²) in [4.78, 5) is 5.18. The molecule has 0 aliphatic carbocycles. The Morgan fingerprint density at radius 2 is 1.87 bits per heavy atom. The lowest BCUT2D eigenvalue weighted by atomic mass is 10.3. The summed E-state index contributed by atoms with van der Waals surface area (Å²) < 4.78 is 35.1. The molecule has 30 heavy (non-hydrogen) atoms. The summed E-state index contributed by atoms with van der Waals surface area (Å²) in [6, 6.07) is 18.6. The van der Waals surface area contributed by atoms with Crippen molar-refractivity contribution in [3.8, 4) is 11.5 Å². The molecule has 0 amide bonds. The number of rotatable bonds is 7. The summed E-state index contributed by atoms with van der Waals surface area (Å²) in [6.07, 6.45) is 0. The van der Waals surface area contributed by atoms with E-state index >= 15 is 0 Å². The summed E-state index contributed by atoms with van der Waals surface area (Å²) in [5.74, 6) is 0.666. The number of para-hydroxylation sites is 1. The van der Waals surface area contributed by atoms with E-state index in [9.17, 15) is 13.5 Å². The zero-order valence-corrected chi connectivity index (χ0v) is 18.4. The molecule has 0 unspecified atom stereocenters. The third kappa shape index (κ3) is 4.53. The highest BCUT2D eigenvalue weighted by atomic mass is 32.2. The Bertz CT molecular complexity index is 1250. The number of aromatic nitrogens is 1. The smallest absolute Gasteiger partial charge is 0.261 e. The van der Waals surface area contributed by atoms with Crippen LogP contribution in [0.15, 0.2) is 80.9 Å². The number of benzene rings is 3. The maximum atomic E-state index is 12.7. The number of phenolic OH excluding ortho intramolecular Hbond substituents is 1. The third-order valence-corrected chi connectivity index (χ3v) is 7.67. The molecular weight excluding hydrogens is 440 g/mol. The van der Waals surface area contributed by atoms with E-state index in [-0.39, 0.29) is 10.6 Å². The van der Waals surface area contributed by atoms with E-state index in [4.69, 9.17) is 4.74 Å². The van der Waals surface area contributed by atoms with Crippen LogP contribution in [0.5, 0.6) is 11.5 Å². The van der Waals surface area contributed by atoms with Gasteiger partial charge in [0.05, 0.1) is 32.3 Å². The van der Waals surface area contributed by atoms with Crippen LogP contribution in [0.1, 0.15) is 6.92 Å². The maximum Gasteiger partial charge on any atom is 0.261 e. The van der Waals surface area contributed by atoms with Gasteiger partial charge in [-0.3, -0.25) is 4.72 Å². The molecule has 154 valence electrons. The molecule has 0 atom stereocenters. The standard InChI is InChI=1S/C21H18N2O4S3/c1-2-27-15-8-10-16(11-9-15)30(25,26)23-14-7-12-18(24)20(13-14)29-21-22-17-5-3-4-6-19(17)28-21/h3-13,23-24H,2H2,1H3. The quantitative estimate of drug-likeness (QED) is 0.363. The van der Waals surface area contributed by atoms with Crippen molar-refractivity contribution in [1.82, 2.24) is 4.98 Å². The summed E-state index contributed by atoms with van der Waals surface area (Å²) in [5, 5.41) is 10.2. The molecule has 1 heterocycles. The SMILES string of the molecule is CCOc1ccc(S(=O)(=O)Nc2ccc(O)c(Sc3nc4ccccc4s3)c2)cc1. The number of fused-ring (bicyclic) bond motifs is 1. The van der Waals surface area contributed by atoms with Crippen LogP contribution < -0.4 is 9.46 Å². The van der Waals surface area contributed by atoms with Crippen LogP contribution in [-0.4, -0.2) is 25.1 Å². The molecule has 4 rings (SSSR count). The fourth-order valence-electron chi connectivity index (χ4n) is 2.74. The summed E-state index contributed by atoms with van der Waals surface area (Å²) in [7, 11) is -3.78. The molecule has 6 nitrogen and oxygen atoms in total. The third-order valence-electron chi connectivity index (χ3n) is 4.13. The Morgan fingerprint density at radius 3 is 2.60 bits per heavy atom. The van der Waals surface area contributed by atoms with Gasteiger partial charge in [0.15, 0.2) is 4.34 Å². The van der Waals surface area contributed by atoms with Crippen molar-refractivity contribution in [3.63, 3.8) is 0 Å². The molecular formula is C21H18N2O4S3. The van der Waals surface area contributed by atoms with Crippen LogP contribution in [-0.2, 0) is 10.0 Å². The molecule has 0 spiro atoms. The van der Waals surface area contributed by atoms with Crippen molar-refractivity contribution < 1.29 is 18.3 Å². The number of nitrogens with one attached hydrogen (secondary N) is 1. The lowest BCUT2D eigenvalue weighted by Gasteiger charge is -2.11. The summed E-state index contributed by atoms with van der Waals surface area (Å²) >= 11 is 2.80. The van der Waals surface area contributed by atoms with Gasteiger partial charge in [-0.15, -0.1) is 11.3 Å². The molecule has 0 saturated heterocycles. The lowest BCUT2D eigenvalue weighted by Crippen LogP contribution is -2.12. The van der Waals surface area contributed by atoms with Crippen molar-refractivity contribution in [2.24, 2.45) is 0 Å². The monoisotopic (exact) mass is 458 g/mol. The van der Waals surface area contributed by atoms with Gasteiger partial charge in [0.25, 0.3) is 10.0 Å². The maximum absolute atomic E-state index is 12.7. The summed E-state index contributed by atoms with van der Waals surface area (Å²) in [5.41, 5.74) is 1.24. The minimum atomic E-state index is -3.78. The zero-order valence-electron chi connectivity index (χ0n) is 15.9. The number of aromatic hydroxyl groups is 1. The number of sulfonamides is 1. The molecule has 4 aromatic rings. The number of anilines is 1. The average Bonchev–Trinajstić information content (AvgIpc) is 3.13. The van der Waals surface area contributed by atoms with Crippen LogP contribution in [0.3, 0.4) is 0 Å². The number of phenols is 1. The van der Waals surface area contributed by atoms with E-state index in [1.54, 1.807) is 18.2 Å². The summed E-state index contributed by atoms with van der Waals surface area (Å²) in [6.45, 7) is 2.37. The molecule has 0 bridgehead atoms. The van der Waals surface area contributed by atoms with E-state index in [1.807, 2.05) is 31.2 Å². The molecule has 0 saturated carbocycles. The van der Waals surface area contributed by atoms with Crippen molar-refractivity contribution in [1.29, 1.82) is 0 Å². The van der Waals surface area contributed by atoms with E-state index in [2.05, 4.69) is 9.71 Å². The van der Waals surface area contributed by atoms with Crippen LogP contribution in [0, 0.1) is 0 Å². The topological polar surface area (TPSA) is 88.5 Å². The van der Waals surface area contributed by atoms with E-state index in [0.29, 0.717) is 22.9 Å². The Morgan fingerprint density at radius 1 is 1.10 bits per heavy atom. The predicted octanol–water partition coefficient (Wildman–Crippen LogP) is 5.35. The van der Waals surface area contributed by atoms with E-state index < -0.39 is 10.0 Å². The van der Waals surface area contributed by atoms with Gasteiger partial charge in [-0.2, -0.15) is 0 Å². The minimum absolute atomic E-state index is 0.0586. The van der Waals surface area contributed by atoms with Crippen molar-refractivity contribution in [2.75, 3.05) is 11.3 Å². The van der Waals surface area contributed by atoms with E-state index in [0.717, 1.165) is 14.6 Å². The number of thiazole rings is 1.